The van der Waals surface area contributed by atoms with Crippen molar-refractivity contribution in [2.45, 2.75) is 13.5 Å². The lowest BCUT2D eigenvalue weighted by molar-refractivity contribution is -0.112. The van der Waals surface area contributed by atoms with Gasteiger partial charge in [-0.2, -0.15) is 5.26 Å². The van der Waals surface area contributed by atoms with E-state index in [9.17, 15) is 9.18 Å². The Balaban J connectivity index is 2.05. The van der Waals surface area contributed by atoms with Crippen LogP contribution in [-0.4, -0.2) is 5.91 Å². The number of nitrogens with zero attached hydrogens (tertiary/aromatic N) is 1. The van der Waals surface area contributed by atoms with E-state index in [1.54, 1.807) is 43.3 Å². The highest BCUT2D eigenvalue weighted by molar-refractivity contribution is 6.31. The van der Waals surface area contributed by atoms with Gasteiger partial charge in [0.25, 0.3) is 5.91 Å². The van der Waals surface area contributed by atoms with Crippen molar-refractivity contribution in [2.75, 3.05) is 5.32 Å². The van der Waals surface area contributed by atoms with Crippen LogP contribution < -0.4 is 10.6 Å². The number of halogens is 2. The quantitative estimate of drug-likeness (QED) is 0.638. The Morgan fingerprint density at radius 3 is 2.75 bits per heavy atom. The Morgan fingerprint density at radius 1 is 1.29 bits per heavy atom. The fourth-order valence-electron chi connectivity index (χ4n) is 1.99. The van der Waals surface area contributed by atoms with Gasteiger partial charge in [0.15, 0.2) is 0 Å². The average Bonchev–Trinajstić information content (AvgIpc) is 2.57. The summed E-state index contributed by atoms with van der Waals surface area (Å²) in [5.74, 6) is -0.917. The summed E-state index contributed by atoms with van der Waals surface area (Å²) in [6.07, 6.45) is 1.27. The van der Waals surface area contributed by atoms with Gasteiger partial charge in [-0.15, -0.1) is 0 Å². The van der Waals surface area contributed by atoms with Gasteiger partial charge in [-0.05, 0) is 30.7 Å². The standard InChI is InChI=1S/C18H15ClFN3O/c1-12-15(19)6-4-8-17(12)23-18(24)14(9-21)11-22-10-13-5-2-3-7-16(13)20/h2-8,11,22H,10H2,1H3,(H,23,24)/b14-11-. The van der Waals surface area contributed by atoms with Crippen LogP contribution in [0.2, 0.25) is 5.02 Å². The Morgan fingerprint density at radius 2 is 2.04 bits per heavy atom. The maximum absolute atomic E-state index is 13.5. The van der Waals surface area contributed by atoms with Crippen LogP contribution >= 0.6 is 11.6 Å². The molecule has 24 heavy (non-hydrogen) atoms. The molecule has 1 amide bonds. The zero-order valence-corrected chi connectivity index (χ0v) is 13.7. The van der Waals surface area contributed by atoms with E-state index in [1.807, 2.05) is 6.07 Å². The number of carbonyl (C=O) groups is 1. The molecule has 2 aromatic rings. The maximum atomic E-state index is 13.5. The molecule has 0 aliphatic heterocycles. The second kappa shape index (κ2) is 8.14. The summed E-state index contributed by atoms with van der Waals surface area (Å²) in [4.78, 5) is 12.2. The van der Waals surface area contributed by atoms with Crippen molar-refractivity contribution in [3.05, 3.63) is 76.2 Å². The number of hydrogen-bond donors (Lipinski definition) is 2. The first-order valence-electron chi connectivity index (χ1n) is 7.16. The number of carbonyl (C=O) groups excluding carboxylic acids is 1. The summed E-state index contributed by atoms with van der Waals surface area (Å²) in [7, 11) is 0. The fraction of sp³-hybridized carbons (Fsp3) is 0.111. The fourth-order valence-corrected chi connectivity index (χ4v) is 2.16. The third-order valence-electron chi connectivity index (χ3n) is 3.38. The van der Waals surface area contributed by atoms with Crippen molar-refractivity contribution in [1.82, 2.24) is 5.32 Å². The van der Waals surface area contributed by atoms with Crippen molar-refractivity contribution >= 4 is 23.2 Å². The van der Waals surface area contributed by atoms with Crippen LogP contribution in [-0.2, 0) is 11.3 Å². The van der Waals surface area contributed by atoms with Crippen LogP contribution in [0.25, 0.3) is 0 Å². The molecule has 6 heteroatoms. The van der Waals surface area contributed by atoms with Crippen LogP contribution in [0.1, 0.15) is 11.1 Å². The van der Waals surface area contributed by atoms with Gasteiger partial charge in [0, 0.05) is 29.0 Å². The van der Waals surface area contributed by atoms with Crippen LogP contribution in [0.5, 0.6) is 0 Å². The van der Waals surface area contributed by atoms with Crippen LogP contribution in [0.3, 0.4) is 0 Å². The summed E-state index contributed by atoms with van der Waals surface area (Å²) in [6, 6.07) is 13.2. The molecule has 0 saturated carbocycles. The summed E-state index contributed by atoms with van der Waals surface area (Å²) in [5.41, 5.74) is 1.56. The van der Waals surface area contributed by atoms with Gasteiger partial charge < -0.3 is 10.6 Å². The van der Waals surface area contributed by atoms with E-state index < -0.39 is 5.91 Å². The number of nitriles is 1. The first-order valence-corrected chi connectivity index (χ1v) is 7.54. The number of anilines is 1. The molecular weight excluding hydrogens is 329 g/mol. The molecular formula is C18H15ClFN3O. The molecule has 0 aliphatic carbocycles. The molecule has 0 aromatic heterocycles. The molecule has 122 valence electrons. The minimum atomic E-state index is -0.566. The van der Waals surface area contributed by atoms with E-state index in [1.165, 1.54) is 12.3 Å². The first kappa shape index (κ1) is 17.5. The first-order chi connectivity index (χ1) is 11.5. The van der Waals surface area contributed by atoms with E-state index in [-0.39, 0.29) is 17.9 Å². The number of hydrogen-bond acceptors (Lipinski definition) is 3. The molecule has 0 unspecified atom stereocenters. The highest BCUT2D eigenvalue weighted by atomic mass is 35.5. The second-order valence-corrected chi connectivity index (χ2v) is 5.42. The van der Waals surface area contributed by atoms with Crippen molar-refractivity contribution in [3.63, 3.8) is 0 Å². The molecule has 0 radical (unpaired) electrons. The van der Waals surface area contributed by atoms with Gasteiger partial charge in [0.1, 0.15) is 17.5 Å². The SMILES string of the molecule is Cc1c(Cl)cccc1NC(=O)/C(C#N)=C\NCc1ccccc1F. The molecule has 2 rings (SSSR count). The lowest BCUT2D eigenvalue weighted by Crippen LogP contribution is -2.17. The molecule has 0 bridgehead atoms. The minimum absolute atomic E-state index is 0.120. The maximum Gasteiger partial charge on any atom is 0.267 e. The number of nitrogens with one attached hydrogen (secondary N) is 2. The van der Waals surface area contributed by atoms with Crippen molar-refractivity contribution < 1.29 is 9.18 Å². The molecule has 2 N–H and O–H groups in total. The van der Waals surface area contributed by atoms with Crippen molar-refractivity contribution in [3.8, 4) is 6.07 Å². The molecule has 0 atom stereocenters. The second-order valence-electron chi connectivity index (χ2n) is 5.01. The number of amides is 1. The molecule has 4 nitrogen and oxygen atoms in total. The molecule has 2 aromatic carbocycles. The summed E-state index contributed by atoms with van der Waals surface area (Å²) in [5, 5.41) is 15.1. The van der Waals surface area contributed by atoms with Gasteiger partial charge >= 0.3 is 0 Å². The zero-order chi connectivity index (χ0) is 17.5. The zero-order valence-electron chi connectivity index (χ0n) is 12.9. The van der Waals surface area contributed by atoms with Crippen molar-refractivity contribution in [1.29, 1.82) is 5.26 Å². The van der Waals surface area contributed by atoms with Gasteiger partial charge in [-0.25, -0.2) is 4.39 Å². The Kier molecular flexibility index (Phi) is 5.94. The largest absolute Gasteiger partial charge is 0.385 e. The number of rotatable bonds is 5. The van der Waals surface area contributed by atoms with Gasteiger partial charge in [-0.3, -0.25) is 4.79 Å². The summed E-state index contributed by atoms with van der Waals surface area (Å²) in [6.45, 7) is 1.94. The predicted octanol–water partition coefficient (Wildman–Crippen LogP) is 3.92. The van der Waals surface area contributed by atoms with E-state index in [0.29, 0.717) is 21.8 Å². The van der Waals surface area contributed by atoms with Gasteiger partial charge in [0.05, 0.1) is 0 Å². The van der Waals surface area contributed by atoms with E-state index >= 15 is 0 Å². The highest BCUT2D eigenvalue weighted by Crippen LogP contribution is 2.23. The van der Waals surface area contributed by atoms with Gasteiger partial charge in [0.2, 0.25) is 0 Å². The molecule has 0 fully saturated rings. The lowest BCUT2D eigenvalue weighted by Gasteiger charge is -2.09. The summed E-state index contributed by atoms with van der Waals surface area (Å²) >= 11 is 6.00. The smallest absolute Gasteiger partial charge is 0.267 e. The highest BCUT2D eigenvalue weighted by Gasteiger charge is 2.11. The Labute approximate surface area is 144 Å². The Bertz CT molecular complexity index is 827. The third kappa shape index (κ3) is 4.34. The predicted molar refractivity (Wildman–Crippen MR) is 91.8 cm³/mol. The Hall–Kier alpha value is -2.84. The summed E-state index contributed by atoms with van der Waals surface area (Å²) < 4.78 is 13.5. The lowest BCUT2D eigenvalue weighted by atomic mass is 10.2. The molecule has 0 spiro atoms. The van der Waals surface area contributed by atoms with Gasteiger partial charge in [-0.1, -0.05) is 35.9 Å². The van der Waals surface area contributed by atoms with Crippen molar-refractivity contribution in [2.24, 2.45) is 0 Å². The van der Waals surface area contributed by atoms with E-state index in [4.69, 9.17) is 16.9 Å². The normalized spacial score (nSPS) is 10.8. The molecule has 0 heterocycles. The van der Waals surface area contributed by atoms with E-state index in [0.717, 1.165) is 0 Å². The van der Waals surface area contributed by atoms with Crippen LogP contribution in [0, 0.1) is 24.1 Å². The monoisotopic (exact) mass is 343 g/mol. The topological polar surface area (TPSA) is 64.9 Å². The minimum Gasteiger partial charge on any atom is -0.385 e. The average molecular weight is 344 g/mol. The third-order valence-corrected chi connectivity index (χ3v) is 3.79. The number of benzene rings is 2. The van der Waals surface area contributed by atoms with Crippen LogP contribution in [0.4, 0.5) is 10.1 Å². The van der Waals surface area contributed by atoms with E-state index in [2.05, 4.69) is 10.6 Å². The molecule has 0 saturated heterocycles. The van der Waals surface area contributed by atoms with Crippen LogP contribution in [0.15, 0.2) is 54.2 Å². The molecule has 0 aliphatic rings.